The number of rotatable bonds is 4. The van der Waals surface area contributed by atoms with Crippen LogP contribution in [0, 0.1) is 24.1 Å². The Balaban J connectivity index is 2.25. The molecule has 0 aliphatic carbocycles. The summed E-state index contributed by atoms with van der Waals surface area (Å²) in [5.41, 5.74) is 1.93. The van der Waals surface area contributed by atoms with E-state index in [1.807, 2.05) is 36.4 Å². The number of amides is 1. The van der Waals surface area contributed by atoms with Crippen molar-refractivity contribution >= 4 is 5.91 Å². The molecule has 0 N–H and O–H groups in total. The van der Waals surface area contributed by atoms with Gasteiger partial charge in [0, 0.05) is 12.1 Å². The van der Waals surface area contributed by atoms with Gasteiger partial charge in [0.2, 0.25) is 0 Å². The summed E-state index contributed by atoms with van der Waals surface area (Å²) < 4.78 is 13.1. The lowest BCUT2D eigenvalue weighted by atomic mass is 10.1. The van der Waals surface area contributed by atoms with Crippen LogP contribution in [0.15, 0.2) is 48.5 Å². The first-order valence-corrected chi connectivity index (χ1v) is 6.58. The van der Waals surface area contributed by atoms with Crippen molar-refractivity contribution in [3.8, 4) is 6.07 Å². The molecule has 0 fully saturated rings. The normalized spacial score (nSPS) is 9.95. The second-order valence-electron chi connectivity index (χ2n) is 4.76. The number of nitrogens with zero attached hydrogens (tertiary/aromatic N) is 2. The number of aryl methyl sites for hydroxylation is 1. The van der Waals surface area contributed by atoms with Crippen molar-refractivity contribution in [2.24, 2.45) is 0 Å². The van der Waals surface area contributed by atoms with Gasteiger partial charge in [-0.25, -0.2) is 4.39 Å². The third kappa shape index (κ3) is 3.67. The van der Waals surface area contributed by atoms with Crippen molar-refractivity contribution in [2.75, 3.05) is 6.54 Å². The fourth-order valence-corrected chi connectivity index (χ4v) is 2.13. The van der Waals surface area contributed by atoms with Gasteiger partial charge in [-0.3, -0.25) is 4.79 Å². The molecular formula is C17H15FN2O. The number of carbonyl (C=O) groups excluding carboxylic acids is 1. The van der Waals surface area contributed by atoms with Gasteiger partial charge < -0.3 is 4.90 Å². The maximum Gasteiger partial charge on any atom is 0.255 e. The van der Waals surface area contributed by atoms with Crippen LogP contribution in [0.25, 0.3) is 0 Å². The summed E-state index contributed by atoms with van der Waals surface area (Å²) in [5.74, 6) is -0.642. The smallest absolute Gasteiger partial charge is 0.255 e. The van der Waals surface area contributed by atoms with E-state index in [1.54, 1.807) is 6.92 Å². The summed E-state index contributed by atoms with van der Waals surface area (Å²) >= 11 is 0. The molecular weight excluding hydrogens is 267 g/mol. The molecule has 0 radical (unpaired) electrons. The topological polar surface area (TPSA) is 44.1 Å². The van der Waals surface area contributed by atoms with Crippen molar-refractivity contribution in [2.45, 2.75) is 13.5 Å². The number of hydrogen-bond acceptors (Lipinski definition) is 2. The van der Waals surface area contributed by atoms with Crippen LogP contribution >= 0.6 is 0 Å². The Morgan fingerprint density at radius 3 is 2.57 bits per heavy atom. The maximum absolute atomic E-state index is 13.1. The molecule has 0 aliphatic heterocycles. The van der Waals surface area contributed by atoms with Crippen LogP contribution < -0.4 is 0 Å². The first-order valence-electron chi connectivity index (χ1n) is 6.58. The minimum absolute atomic E-state index is 0.00938. The average Bonchev–Trinajstić information content (AvgIpc) is 2.47. The van der Waals surface area contributed by atoms with Crippen LogP contribution in [0.3, 0.4) is 0 Å². The molecule has 2 aromatic rings. The fraction of sp³-hybridized carbons (Fsp3) is 0.176. The summed E-state index contributed by atoms with van der Waals surface area (Å²) in [6.45, 7) is 2.03. The Hall–Kier alpha value is -2.67. The Morgan fingerprint density at radius 2 is 1.95 bits per heavy atom. The van der Waals surface area contributed by atoms with E-state index < -0.39 is 0 Å². The highest BCUT2D eigenvalue weighted by atomic mass is 19.1. The Bertz CT molecular complexity index is 677. The number of benzene rings is 2. The Labute approximate surface area is 123 Å². The summed E-state index contributed by atoms with van der Waals surface area (Å²) in [5, 5.41) is 8.92. The Kier molecular flexibility index (Phi) is 4.68. The van der Waals surface area contributed by atoms with Gasteiger partial charge in [-0.1, -0.05) is 30.3 Å². The third-order valence-electron chi connectivity index (χ3n) is 3.18. The highest BCUT2D eigenvalue weighted by Crippen LogP contribution is 2.15. The molecule has 0 saturated heterocycles. The fourth-order valence-electron chi connectivity index (χ4n) is 2.13. The van der Waals surface area contributed by atoms with Crippen LogP contribution in [0.1, 0.15) is 21.5 Å². The largest absolute Gasteiger partial charge is 0.321 e. The summed E-state index contributed by atoms with van der Waals surface area (Å²) in [6, 6.07) is 15.5. The monoisotopic (exact) mass is 282 g/mol. The summed E-state index contributed by atoms with van der Waals surface area (Å²) in [7, 11) is 0. The summed E-state index contributed by atoms with van der Waals surface area (Å²) in [6.07, 6.45) is 0. The molecule has 0 atom stereocenters. The molecule has 1 amide bonds. The molecule has 0 spiro atoms. The second-order valence-corrected chi connectivity index (χ2v) is 4.76. The van der Waals surface area contributed by atoms with Crippen LogP contribution in [-0.2, 0) is 6.54 Å². The zero-order chi connectivity index (χ0) is 15.2. The average molecular weight is 282 g/mol. The highest BCUT2D eigenvalue weighted by Gasteiger charge is 2.18. The summed E-state index contributed by atoms with van der Waals surface area (Å²) in [4.78, 5) is 14.0. The van der Waals surface area contributed by atoms with Crippen molar-refractivity contribution in [3.05, 3.63) is 71.0 Å². The van der Waals surface area contributed by atoms with Crippen LogP contribution in [0.2, 0.25) is 0 Å². The van der Waals surface area contributed by atoms with Gasteiger partial charge in [0.25, 0.3) is 5.91 Å². The predicted octanol–water partition coefficient (Wildman–Crippen LogP) is 3.30. The molecule has 0 saturated carbocycles. The van der Waals surface area contributed by atoms with E-state index >= 15 is 0 Å². The van der Waals surface area contributed by atoms with Crippen molar-refractivity contribution in [1.82, 2.24) is 4.90 Å². The molecule has 2 rings (SSSR count). The van der Waals surface area contributed by atoms with E-state index in [9.17, 15) is 9.18 Å². The van der Waals surface area contributed by atoms with Crippen LogP contribution in [-0.4, -0.2) is 17.4 Å². The second kappa shape index (κ2) is 6.67. The minimum Gasteiger partial charge on any atom is -0.321 e. The van der Waals surface area contributed by atoms with Crippen LogP contribution in [0.5, 0.6) is 0 Å². The van der Waals surface area contributed by atoms with Gasteiger partial charge in [0.05, 0.1) is 6.07 Å². The zero-order valence-corrected chi connectivity index (χ0v) is 11.7. The van der Waals surface area contributed by atoms with Gasteiger partial charge in [-0.05, 0) is 36.2 Å². The zero-order valence-electron chi connectivity index (χ0n) is 11.7. The quantitative estimate of drug-likeness (QED) is 0.808. The van der Waals surface area contributed by atoms with Gasteiger partial charge in [0.1, 0.15) is 12.4 Å². The minimum atomic E-state index is -0.376. The lowest BCUT2D eigenvalue weighted by Crippen LogP contribution is -2.31. The lowest BCUT2D eigenvalue weighted by molar-refractivity contribution is 0.0764. The highest BCUT2D eigenvalue weighted by molar-refractivity contribution is 5.95. The molecule has 4 heteroatoms. The van der Waals surface area contributed by atoms with Crippen LogP contribution in [0.4, 0.5) is 4.39 Å². The molecule has 106 valence electrons. The van der Waals surface area contributed by atoms with E-state index in [0.29, 0.717) is 17.7 Å². The Morgan fingerprint density at radius 1 is 1.24 bits per heavy atom. The first-order chi connectivity index (χ1) is 10.1. The number of carbonyl (C=O) groups is 1. The van der Waals surface area contributed by atoms with E-state index in [-0.39, 0.29) is 18.3 Å². The predicted molar refractivity (Wildman–Crippen MR) is 77.9 cm³/mol. The molecule has 0 bridgehead atoms. The molecule has 0 aliphatic rings. The van der Waals surface area contributed by atoms with E-state index in [2.05, 4.69) is 0 Å². The van der Waals surface area contributed by atoms with Crippen molar-refractivity contribution < 1.29 is 9.18 Å². The molecule has 0 unspecified atom stereocenters. The van der Waals surface area contributed by atoms with Gasteiger partial charge >= 0.3 is 0 Å². The van der Waals surface area contributed by atoms with Crippen molar-refractivity contribution in [3.63, 3.8) is 0 Å². The first kappa shape index (κ1) is 14.7. The van der Waals surface area contributed by atoms with E-state index in [0.717, 1.165) is 5.56 Å². The molecule has 3 nitrogen and oxygen atoms in total. The standard InChI is InChI=1S/C17H15FN2O/c1-13-11-15(18)7-8-16(13)17(21)20(10-9-19)12-14-5-3-2-4-6-14/h2-8,11H,10,12H2,1H3. The molecule has 21 heavy (non-hydrogen) atoms. The molecule has 0 aromatic heterocycles. The maximum atomic E-state index is 13.1. The van der Waals surface area contributed by atoms with Crippen molar-refractivity contribution in [1.29, 1.82) is 5.26 Å². The van der Waals surface area contributed by atoms with E-state index in [4.69, 9.17) is 5.26 Å². The number of nitriles is 1. The SMILES string of the molecule is Cc1cc(F)ccc1C(=O)N(CC#N)Cc1ccccc1. The lowest BCUT2D eigenvalue weighted by Gasteiger charge is -2.20. The van der Waals surface area contributed by atoms with Gasteiger partial charge in [-0.15, -0.1) is 0 Å². The van der Waals surface area contributed by atoms with Gasteiger partial charge in [-0.2, -0.15) is 5.26 Å². The van der Waals surface area contributed by atoms with E-state index in [1.165, 1.54) is 23.1 Å². The molecule has 2 aromatic carbocycles. The number of halogens is 1. The third-order valence-corrected chi connectivity index (χ3v) is 3.18. The molecule has 0 heterocycles. The number of hydrogen-bond donors (Lipinski definition) is 0. The van der Waals surface area contributed by atoms with Gasteiger partial charge in [0.15, 0.2) is 0 Å².